The van der Waals surface area contributed by atoms with Crippen molar-refractivity contribution in [3.63, 3.8) is 0 Å². The number of carboxylic acid groups (broad SMARTS) is 1. The van der Waals surface area contributed by atoms with Gasteiger partial charge in [-0.25, -0.2) is 4.79 Å². The highest BCUT2D eigenvalue weighted by atomic mass is 16.7. The first kappa shape index (κ1) is 10.8. The smallest absolute Gasteiger partial charge is 0.449 e. The summed E-state index contributed by atoms with van der Waals surface area (Å²) in [5.41, 5.74) is 0. The Bertz CT molecular complexity index is 153. The van der Waals surface area contributed by atoms with Crippen molar-refractivity contribution in [2.24, 2.45) is 0 Å². The summed E-state index contributed by atoms with van der Waals surface area (Å²) in [7, 11) is 0. The Labute approximate surface area is 72.3 Å². The molecule has 0 heterocycles. The minimum Gasteiger partial charge on any atom is -0.449 e. The lowest BCUT2D eigenvalue weighted by molar-refractivity contribution is 0.128. The molecule has 3 nitrogen and oxygen atoms in total. The Balaban J connectivity index is 0.000000202. The molecule has 0 aromatic heterocycles. The Morgan fingerprint density at radius 3 is 2.00 bits per heavy atom. The molecule has 0 unspecified atom stereocenters. The molecule has 12 heavy (non-hydrogen) atoms. The van der Waals surface area contributed by atoms with Crippen LogP contribution >= 0.6 is 0 Å². The molecule has 0 aromatic rings. The molecule has 0 bridgehead atoms. The lowest BCUT2D eigenvalue weighted by Crippen LogP contribution is -1.89. The third-order valence-electron chi connectivity index (χ3n) is 1.34. The maximum absolute atomic E-state index is 9.31. The second-order valence-electron chi connectivity index (χ2n) is 2.31. The van der Waals surface area contributed by atoms with Gasteiger partial charge >= 0.3 is 6.16 Å². The molecule has 3 heteroatoms. The Kier molecular flexibility index (Phi) is 7.03. The molecular weight excluding hydrogens is 156 g/mol. The van der Waals surface area contributed by atoms with E-state index in [-0.39, 0.29) is 0 Å². The topological polar surface area (TPSA) is 46.5 Å². The lowest BCUT2D eigenvalue weighted by atomic mass is 10.1. The molecule has 0 atom stereocenters. The molecule has 0 saturated carbocycles. The van der Waals surface area contributed by atoms with E-state index in [0.717, 1.165) is 6.26 Å². The van der Waals surface area contributed by atoms with E-state index < -0.39 is 6.16 Å². The van der Waals surface area contributed by atoms with E-state index in [9.17, 15) is 4.79 Å². The van der Waals surface area contributed by atoms with Crippen LogP contribution in [0.25, 0.3) is 0 Å². The molecule has 68 valence electrons. The fourth-order valence-corrected chi connectivity index (χ4v) is 0.831. The summed E-state index contributed by atoms with van der Waals surface area (Å²) in [6.07, 6.45) is 9.52. The van der Waals surface area contributed by atoms with Gasteiger partial charge in [-0.2, -0.15) is 0 Å². The molecule has 1 aliphatic carbocycles. The Hall–Kier alpha value is -1.25. The van der Waals surface area contributed by atoms with Crippen molar-refractivity contribution >= 4 is 6.16 Å². The molecule has 0 fully saturated rings. The fraction of sp³-hybridized carbons (Fsp3) is 0.444. The van der Waals surface area contributed by atoms with E-state index in [1.165, 1.54) is 25.7 Å². The van der Waals surface area contributed by atoms with Crippen LogP contribution in [0.5, 0.6) is 0 Å². The van der Waals surface area contributed by atoms with Crippen LogP contribution in [0.15, 0.2) is 25.0 Å². The van der Waals surface area contributed by atoms with E-state index in [2.05, 4.69) is 23.5 Å². The van der Waals surface area contributed by atoms with Crippen molar-refractivity contribution < 1.29 is 14.6 Å². The molecular formula is C9H14O3. The van der Waals surface area contributed by atoms with Crippen molar-refractivity contribution in [3.05, 3.63) is 25.0 Å². The molecule has 0 radical (unpaired) electrons. The number of rotatable bonds is 1. The maximum Gasteiger partial charge on any atom is 0.510 e. The van der Waals surface area contributed by atoms with Gasteiger partial charge in [-0.1, -0.05) is 18.7 Å². The second kappa shape index (κ2) is 7.85. The summed E-state index contributed by atoms with van der Waals surface area (Å²) in [6.45, 7) is 3.00. The Morgan fingerprint density at radius 1 is 1.42 bits per heavy atom. The zero-order chi connectivity index (χ0) is 9.23. The minimum absolute atomic E-state index is 0.850. The summed E-state index contributed by atoms with van der Waals surface area (Å²) < 4.78 is 3.72. The van der Waals surface area contributed by atoms with Gasteiger partial charge in [0.2, 0.25) is 0 Å². The van der Waals surface area contributed by atoms with Gasteiger partial charge in [0.25, 0.3) is 0 Å². The van der Waals surface area contributed by atoms with Gasteiger partial charge < -0.3 is 9.84 Å². The number of carbonyl (C=O) groups is 1. The van der Waals surface area contributed by atoms with Gasteiger partial charge in [0.1, 0.15) is 0 Å². The van der Waals surface area contributed by atoms with Gasteiger partial charge in [-0.3, -0.25) is 0 Å². The average Bonchev–Trinajstić information content (AvgIpc) is 2.08. The van der Waals surface area contributed by atoms with Crippen molar-refractivity contribution in [2.75, 3.05) is 0 Å². The highest BCUT2D eigenvalue weighted by molar-refractivity contribution is 5.57. The van der Waals surface area contributed by atoms with Crippen LogP contribution in [0.4, 0.5) is 4.79 Å². The van der Waals surface area contributed by atoms with E-state index in [1.807, 2.05) is 0 Å². The van der Waals surface area contributed by atoms with Crippen molar-refractivity contribution in [1.82, 2.24) is 0 Å². The fourth-order valence-electron chi connectivity index (χ4n) is 0.831. The largest absolute Gasteiger partial charge is 0.510 e. The first-order valence-electron chi connectivity index (χ1n) is 3.93. The molecule has 1 rings (SSSR count). The van der Waals surface area contributed by atoms with Gasteiger partial charge in [0, 0.05) is 0 Å². The van der Waals surface area contributed by atoms with E-state index in [4.69, 9.17) is 5.11 Å². The summed E-state index contributed by atoms with van der Waals surface area (Å²) >= 11 is 0. The normalized spacial score (nSPS) is 14.0. The van der Waals surface area contributed by atoms with Crippen LogP contribution in [0.1, 0.15) is 25.7 Å². The van der Waals surface area contributed by atoms with Crippen molar-refractivity contribution in [3.8, 4) is 0 Å². The monoisotopic (exact) mass is 170 g/mol. The van der Waals surface area contributed by atoms with E-state index >= 15 is 0 Å². The maximum atomic E-state index is 9.31. The van der Waals surface area contributed by atoms with Gasteiger partial charge in [0.05, 0.1) is 6.26 Å². The molecule has 1 aliphatic rings. The zero-order valence-corrected chi connectivity index (χ0v) is 7.03. The number of allylic oxidation sites excluding steroid dienone is 2. The molecule has 0 saturated heterocycles. The van der Waals surface area contributed by atoms with Crippen LogP contribution in [0.3, 0.4) is 0 Å². The summed E-state index contributed by atoms with van der Waals surface area (Å²) in [6, 6.07) is 0. The average molecular weight is 170 g/mol. The van der Waals surface area contributed by atoms with E-state index in [0.29, 0.717) is 0 Å². The highest BCUT2D eigenvalue weighted by Gasteiger charge is 1.87. The Morgan fingerprint density at radius 2 is 1.92 bits per heavy atom. The zero-order valence-electron chi connectivity index (χ0n) is 7.03. The summed E-state index contributed by atoms with van der Waals surface area (Å²) in [4.78, 5) is 9.31. The highest BCUT2D eigenvalue weighted by Crippen LogP contribution is 2.07. The summed E-state index contributed by atoms with van der Waals surface area (Å²) in [5.74, 6) is 0. The third kappa shape index (κ3) is 8.75. The number of hydrogen-bond acceptors (Lipinski definition) is 2. The molecule has 0 aromatic carbocycles. The van der Waals surface area contributed by atoms with Gasteiger partial charge in [-0.05, 0) is 25.7 Å². The van der Waals surface area contributed by atoms with Crippen LogP contribution in [0, 0.1) is 0 Å². The van der Waals surface area contributed by atoms with Crippen LogP contribution < -0.4 is 0 Å². The minimum atomic E-state index is -1.33. The molecule has 0 amide bonds. The molecule has 1 N–H and O–H groups in total. The lowest BCUT2D eigenvalue weighted by Gasteiger charge is -1.97. The second-order valence-corrected chi connectivity index (χ2v) is 2.31. The number of ether oxygens (including phenoxy) is 1. The quantitative estimate of drug-likeness (QED) is 0.374. The van der Waals surface area contributed by atoms with Gasteiger partial charge in [-0.15, -0.1) is 0 Å². The van der Waals surface area contributed by atoms with Crippen molar-refractivity contribution in [2.45, 2.75) is 25.7 Å². The first-order valence-corrected chi connectivity index (χ1v) is 3.93. The predicted molar refractivity (Wildman–Crippen MR) is 46.9 cm³/mol. The molecule has 0 aliphatic heterocycles. The summed E-state index contributed by atoms with van der Waals surface area (Å²) in [5, 5.41) is 7.62. The van der Waals surface area contributed by atoms with E-state index in [1.54, 1.807) is 0 Å². The van der Waals surface area contributed by atoms with Crippen LogP contribution in [-0.4, -0.2) is 11.3 Å². The van der Waals surface area contributed by atoms with Crippen LogP contribution in [0.2, 0.25) is 0 Å². The number of hydrogen-bond donors (Lipinski definition) is 1. The third-order valence-corrected chi connectivity index (χ3v) is 1.34. The SMILES string of the molecule is C1=CCCCC1.C=COC(=O)O. The molecule has 0 spiro atoms. The van der Waals surface area contributed by atoms with Crippen LogP contribution in [-0.2, 0) is 4.74 Å². The predicted octanol–water partition coefficient (Wildman–Crippen LogP) is 2.94. The van der Waals surface area contributed by atoms with Crippen molar-refractivity contribution in [1.29, 1.82) is 0 Å². The van der Waals surface area contributed by atoms with Gasteiger partial charge in [0.15, 0.2) is 0 Å². The standard InChI is InChI=1S/C6H10.C3H4O3/c1-2-4-6-5-3-1;1-2-6-3(4)5/h1-2H,3-6H2;2H,1H2,(H,4,5). The first-order chi connectivity index (χ1) is 5.77.